The summed E-state index contributed by atoms with van der Waals surface area (Å²) in [6.45, 7) is 5.08. The van der Waals surface area contributed by atoms with Crippen LogP contribution in [0.4, 0.5) is 5.69 Å². The minimum atomic E-state index is 0.0847. The maximum Gasteiger partial charge on any atom is 0.250 e. The number of piperidine rings is 1. The number of anilines is 1. The van der Waals surface area contributed by atoms with Gasteiger partial charge in [0.15, 0.2) is 0 Å². The van der Waals surface area contributed by atoms with Gasteiger partial charge in [0.25, 0.3) is 5.91 Å². The molecule has 0 saturated carbocycles. The van der Waals surface area contributed by atoms with E-state index in [1.807, 2.05) is 48.2 Å². The van der Waals surface area contributed by atoms with E-state index < -0.39 is 0 Å². The molecule has 1 aliphatic rings. The second-order valence-corrected chi connectivity index (χ2v) is 6.85. The molecule has 0 aromatic heterocycles. The van der Waals surface area contributed by atoms with Gasteiger partial charge in [0, 0.05) is 31.4 Å². The lowest BCUT2D eigenvalue weighted by Crippen LogP contribution is -2.47. The number of hydrogen-bond acceptors (Lipinski definition) is 2. The van der Waals surface area contributed by atoms with E-state index in [0.29, 0.717) is 0 Å². The van der Waals surface area contributed by atoms with Crippen LogP contribution in [0.15, 0.2) is 72.8 Å². The fourth-order valence-electron chi connectivity index (χ4n) is 3.66. The van der Waals surface area contributed by atoms with Crippen LogP contribution in [0.1, 0.15) is 25.3 Å². The number of hydrogen-bond donors (Lipinski definition) is 0. The summed E-state index contributed by atoms with van der Waals surface area (Å²) in [5, 5.41) is 0. The largest absolute Gasteiger partial charge is 0.306 e. The van der Waals surface area contributed by atoms with Crippen LogP contribution in [0.2, 0.25) is 0 Å². The van der Waals surface area contributed by atoms with Crippen molar-refractivity contribution in [1.82, 2.24) is 4.90 Å². The lowest BCUT2D eigenvalue weighted by atomic mass is 10.0. The van der Waals surface area contributed by atoms with E-state index in [9.17, 15) is 4.79 Å². The highest BCUT2D eigenvalue weighted by Crippen LogP contribution is 2.24. The molecule has 0 N–H and O–H groups in total. The van der Waals surface area contributed by atoms with Gasteiger partial charge in [-0.15, -0.1) is 0 Å². The smallest absolute Gasteiger partial charge is 0.250 e. The third kappa shape index (κ3) is 4.83. The van der Waals surface area contributed by atoms with E-state index in [0.717, 1.165) is 44.6 Å². The van der Waals surface area contributed by atoms with Gasteiger partial charge in [-0.25, -0.2) is 0 Å². The van der Waals surface area contributed by atoms with E-state index in [4.69, 9.17) is 0 Å². The number of likely N-dealkylation sites (tertiary alicyclic amines) is 1. The first-order valence-electron chi connectivity index (χ1n) is 9.55. The highest BCUT2D eigenvalue weighted by atomic mass is 16.2. The van der Waals surface area contributed by atoms with Crippen LogP contribution in [0, 0.1) is 0 Å². The van der Waals surface area contributed by atoms with Gasteiger partial charge >= 0.3 is 0 Å². The van der Waals surface area contributed by atoms with Crippen molar-refractivity contribution in [2.45, 2.75) is 32.2 Å². The fraction of sp³-hybridized carbons (Fsp3) is 0.348. The van der Waals surface area contributed by atoms with Crippen LogP contribution in [-0.4, -0.2) is 36.5 Å². The van der Waals surface area contributed by atoms with Crippen LogP contribution in [0.3, 0.4) is 0 Å². The molecule has 1 amide bonds. The van der Waals surface area contributed by atoms with E-state index in [-0.39, 0.29) is 11.9 Å². The Labute approximate surface area is 156 Å². The molecule has 2 aromatic rings. The standard InChI is InChI=1S/C23H28N2O/c1-2-9-23(26)25(21-12-7-4-8-13-21)22-15-18-24(19-16-22)17-14-20-10-5-3-6-11-20/h2-13,22H,14-19H2,1H3. The molecule has 1 aliphatic heterocycles. The summed E-state index contributed by atoms with van der Waals surface area (Å²) in [6.07, 6.45) is 6.63. The van der Waals surface area contributed by atoms with Gasteiger partial charge in [-0.3, -0.25) is 4.79 Å². The average Bonchev–Trinajstić information content (AvgIpc) is 2.69. The molecular formula is C23H28N2O. The summed E-state index contributed by atoms with van der Waals surface area (Å²) in [7, 11) is 0. The van der Waals surface area contributed by atoms with Crippen LogP contribution >= 0.6 is 0 Å². The van der Waals surface area contributed by atoms with Gasteiger partial charge in [-0.1, -0.05) is 54.6 Å². The Bertz CT molecular complexity index is 704. The Balaban J connectivity index is 1.60. The molecule has 26 heavy (non-hydrogen) atoms. The van der Waals surface area contributed by atoms with Crippen LogP contribution < -0.4 is 4.90 Å². The Morgan fingerprint density at radius 2 is 1.65 bits per heavy atom. The van der Waals surface area contributed by atoms with E-state index in [1.54, 1.807) is 6.08 Å². The third-order valence-corrected chi connectivity index (χ3v) is 5.06. The molecule has 0 bridgehead atoms. The number of para-hydroxylation sites is 1. The second kappa shape index (κ2) is 9.35. The van der Waals surface area contributed by atoms with E-state index >= 15 is 0 Å². The third-order valence-electron chi connectivity index (χ3n) is 5.06. The van der Waals surface area contributed by atoms with Gasteiger partial charge in [0.05, 0.1) is 0 Å². The van der Waals surface area contributed by atoms with E-state index in [2.05, 4.69) is 35.2 Å². The average molecular weight is 348 g/mol. The number of rotatable bonds is 6. The van der Waals surface area contributed by atoms with Crippen molar-refractivity contribution in [3.63, 3.8) is 0 Å². The molecule has 1 fully saturated rings. The summed E-state index contributed by atoms with van der Waals surface area (Å²) in [4.78, 5) is 17.2. The van der Waals surface area contributed by atoms with Crippen LogP contribution in [0.5, 0.6) is 0 Å². The van der Waals surface area contributed by atoms with Crippen molar-refractivity contribution < 1.29 is 4.79 Å². The lowest BCUT2D eigenvalue weighted by molar-refractivity contribution is -0.114. The zero-order valence-electron chi connectivity index (χ0n) is 15.6. The van der Waals surface area contributed by atoms with Crippen molar-refractivity contribution in [3.8, 4) is 0 Å². The highest BCUT2D eigenvalue weighted by Gasteiger charge is 2.27. The fourth-order valence-corrected chi connectivity index (χ4v) is 3.66. The molecule has 3 nitrogen and oxygen atoms in total. The van der Waals surface area contributed by atoms with Crippen molar-refractivity contribution in [2.24, 2.45) is 0 Å². The van der Waals surface area contributed by atoms with Gasteiger partial charge in [0.1, 0.15) is 0 Å². The first kappa shape index (κ1) is 18.4. The van der Waals surface area contributed by atoms with Gasteiger partial charge in [0.2, 0.25) is 0 Å². The second-order valence-electron chi connectivity index (χ2n) is 6.85. The molecular weight excluding hydrogens is 320 g/mol. The highest BCUT2D eigenvalue weighted by molar-refractivity contribution is 6.01. The molecule has 0 aliphatic carbocycles. The van der Waals surface area contributed by atoms with Gasteiger partial charge in [-0.05, 0) is 50.0 Å². The number of amides is 1. The van der Waals surface area contributed by atoms with Crippen molar-refractivity contribution in [1.29, 1.82) is 0 Å². The maximum absolute atomic E-state index is 12.7. The van der Waals surface area contributed by atoms with Crippen LogP contribution in [0.25, 0.3) is 0 Å². The summed E-state index contributed by atoms with van der Waals surface area (Å²) in [6, 6.07) is 21.0. The molecule has 0 radical (unpaired) electrons. The Morgan fingerprint density at radius 1 is 1.04 bits per heavy atom. The number of nitrogens with zero attached hydrogens (tertiary/aromatic N) is 2. The summed E-state index contributed by atoms with van der Waals surface area (Å²) in [5.74, 6) is 0.0847. The first-order chi connectivity index (χ1) is 12.8. The summed E-state index contributed by atoms with van der Waals surface area (Å²) in [5.41, 5.74) is 2.39. The molecule has 2 aromatic carbocycles. The number of carbonyl (C=O) groups is 1. The Hall–Kier alpha value is -2.39. The number of allylic oxidation sites excluding steroid dienone is 1. The first-order valence-corrected chi connectivity index (χ1v) is 9.55. The van der Waals surface area contributed by atoms with Gasteiger partial charge < -0.3 is 9.80 Å². The van der Waals surface area contributed by atoms with Gasteiger partial charge in [-0.2, -0.15) is 0 Å². The molecule has 136 valence electrons. The summed E-state index contributed by atoms with van der Waals surface area (Å²) >= 11 is 0. The quantitative estimate of drug-likeness (QED) is 0.727. The van der Waals surface area contributed by atoms with Crippen molar-refractivity contribution in [2.75, 3.05) is 24.5 Å². The lowest BCUT2D eigenvalue weighted by Gasteiger charge is -2.38. The number of carbonyl (C=O) groups excluding carboxylic acids is 1. The predicted molar refractivity (Wildman–Crippen MR) is 108 cm³/mol. The molecule has 3 rings (SSSR count). The topological polar surface area (TPSA) is 23.6 Å². The number of benzene rings is 2. The molecule has 1 heterocycles. The molecule has 0 spiro atoms. The zero-order valence-corrected chi connectivity index (χ0v) is 15.6. The predicted octanol–water partition coefficient (Wildman–Crippen LogP) is 4.30. The summed E-state index contributed by atoms with van der Waals surface area (Å²) < 4.78 is 0. The minimum absolute atomic E-state index is 0.0847. The molecule has 0 atom stereocenters. The van der Waals surface area contributed by atoms with E-state index in [1.165, 1.54) is 5.56 Å². The van der Waals surface area contributed by atoms with Crippen LogP contribution in [-0.2, 0) is 11.2 Å². The SMILES string of the molecule is CC=CC(=O)N(c1ccccc1)C1CCN(CCc2ccccc2)CC1. The maximum atomic E-state index is 12.7. The van der Waals surface area contributed by atoms with Crippen molar-refractivity contribution >= 4 is 11.6 Å². The normalized spacial score (nSPS) is 16.0. The Morgan fingerprint density at radius 3 is 2.27 bits per heavy atom. The zero-order chi connectivity index (χ0) is 18.2. The monoisotopic (exact) mass is 348 g/mol. The van der Waals surface area contributed by atoms with Crippen molar-refractivity contribution in [3.05, 3.63) is 78.4 Å². The Kier molecular flexibility index (Phi) is 6.62. The molecule has 3 heteroatoms. The molecule has 0 unspecified atom stereocenters. The minimum Gasteiger partial charge on any atom is -0.306 e. The molecule has 1 saturated heterocycles.